The predicted octanol–water partition coefficient (Wildman–Crippen LogP) is 0.804. The molecule has 0 bridgehead atoms. The maximum absolute atomic E-state index is 5.97. The van der Waals surface area contributed by atoms with E-state index >= 15 is 0 Å². The number of rotatable bonds is 2. The first-order chi connectivity index (χ1) is 11.2. The molecule has 2 aromatic heterocycles. The second-order valence-electron chi connectivity index (χ2n) is 5.91. The lowest BCUT2D eigenvalue weighted by atomic mass is 10.3. The molecule has 7 heteroatoms. The molecule has 0 amide bonds. The number of piperazine rings is 1. The largest absolute Gasteiger partial charge is 0.345 e. The fourth-order valence-corrected chi connectivity index (χ4v) is 3.08. The van der Waals surface area contributed by atoms with Crippen molar-refractivity contribution in [3.63, 3.8) is 0 Å². The van der Waals surface area contributed by atoms with Crippen LogP contribution in [0.3, 0.4) is 0 Å². The molecule has 0 spiro atoms. The van der Waals surface area contributed by atoms with Gasteiger partial charge in [-0.2, -0.15) is 5.10 Å². The summed E-state index contributed by atoms with van der Waals surface area (Å²) in [6, 6.07) is 7.59. The Bertz CT molecular complexity index is 820. The van der Waals surface area contributed by atoms with Crippen LogP contribution in [0.25, 0.3) is 16.7 Å². The fourth-order valence-electron chi connectivity index (χ4n) is 2.96. The standard InChI is InChI=1S/C16H17ClN6/c1-21-6-8-22(9-7-21)15-14-10-20-23(16(14)19-11-18-15)13-4-2-12(17)3-5-13/h2-5,10-11H,6-9H2,1H3/p+1. The van der Waals surface area contributed by atoms with Gasteiger partial charge < -0.3 is 9.80 Å². The Hall–Kier alpha value is -2.18. The minimum absolute atomic E-state index is 0.709. The maximum atomic E-state index is 5.97. The molecular weight excluding hydrogens is 312 g/mol. The van der Waals surface area contributed by atoms with Gasteiger partial charge in [0.2, 0.25) is 0 Å². The van der Waals surface area contributed by atoms with Crippen molar-refractivity contribution in [1.82, 2.24) is 19.7 Å². The van der Waals surface area contributed by atoms with Gasteiger partial charge in [0.25, 0.3) is 0 Å². The molecule has 0 atom stereocenters. The quantitative estimate of drug-likeness (QED) is 0.756. The fraction of sp³-hybridized carbons (Fsp3) is 0.312. The highest BCUT2D eigenvalue weighted by atomic mass is 35.5. The van der Waals surface area contributed by atoms with E-state index < -0.39 is 0 Å². The minimum atomic E-state index is 0.709. The molecule has 1 aromatic carbocycles. The second kappa shape index (κ2) is 5.79. The Morgan fingerprint density at radius 3 is 2.57 bits per heavy atom. The lowest BCUT2D eigenvalue weighted by Crippen LogP contribution is -3.12. The number of aromatic nitrogens is 4. The van der Waals surface area contributed by atoms with E-state index in [9.17, 15) is 0 Å². The van der Waals surface area contributed by atoms with E-state index in [-0.39, 0.29) is 0 Å². The van der Waals surface area contributed by atoms with Gasteiger partial charge >= 0.3 is 0 Å². The van der Waals surface area contributed by atoms with Crippen LogP contribution in [-0.2, 0) is 0 Å². The molecule has 1 N–H and O–H groups in total. The van der Waals surface area contributed by atoms with Crippen LogP contribution >= 0.6 is 11.6 Å². The molecule has 3 heterocycles. The van der Waals surface area contributed by atoms with Crippen molar-refractivity contribution in [2.75, 3.05) is 38.1 Å². The summed E-state index contributed by atoms with van der Waals surface area (Å²) in [7, 11) is 2.23. The number of benzene rings is 1. The third-order valence-corrected chi connectivity index (χ3v) is 4.58. The molecule has 0 unspecified atom stereocenters. The topological polar surface area (TPSA) is 51.3 Å². The normalized spacial score (nSPS) is 16.2. The highest BCUT2D eigenvalue weighted by molar-refractivity contribution is 6.30. The smallest absolute Gasteiger partial charge is 0.168 e. The average molecular weight is 330 g/mol. The molecule has 0 saturated carbocycles. The van der Waals surface area contributed by atoms with E-state index in [0.717, 1.165) is 48.7 Å². The molecule has 1 saturated heterocycles. The second-order valence-corrected chi connectivity index (χ2v) is 6.35. The molecule has 4 rings (SSSR count). The van der Waals surface area contributed by atoms with Crippen LogP contribution in [-0.4, -0.2) is 53.0 Å². The summed E-state index contributed by atoms with van der Waals surface area (Å²) in [5, 5.41) is 6.20. The Morgan fingerprint density at radius 1 is 1.09 bits per heavy atom. The Balaban J connectivity index is 1.76. The summed E-state index contributed by atoms with van der Waals surface area (Å²) < 4.78 is 1.83. The van der Waals surface area contributed by atoms with Gasteiger partial charge in [-0.15, -0.1) is 0 Å². The van der Waals surface area contributed by atoms with Crippen LogP contribution in [0, 0.1) is 0 Å². The van der Waals surface area contributed by atoms with Crippen LogP contribution in [0.15, 0.2) is 36.8 Å². The first-order valence-electron chi connectivity index (χ1n) is 7.73. The van der Waals surface area contributed by atoms with Crippen molar-refractivity contribution in [2.24, 2.45) is 0 Å². The molecule has 23 heavy (non-hydrogen) atoms. The van der Waals surface area contributed by atoms with Crippen LogP contribution in [0.2, 0.25) is 5.02 Å². The monoisotopic (exact) mass is 329 g/mol. The van der Waals surface area contributed by atoms with Crippen molar-refractivity contribution < 1.29 is 4.90 Å². The number of likely N-dealkylation sites (N-methyl/N-ethyl adjacent to an activating group) is 1. The van der Waals surface area contributed by atoms with E-state index in [0.29, 0.717) is 5.02 Å². The molecule has 1 aliphatic rings. The lowest BCUT2D eigenvalue weighted by molar-refractivity contribution is -0.880. The van der Waals surface area contributed by atoms with Crippen molar-refractivity contribution in [2.45, 2.75) is 0 Å². The molecule has 118 valence electrons. The minimum Gasteiger partial charge on any atom is -0.345 e. The summed E-state index contributed by atoms with van der Waals surface area (Å²) in [6.45, 7) is 4.25. The number of nitrogens with zero attached hydrogens (tertiary/aromatic N) is 5. The molecule has 0 aliphatic carbocycles. The molecular formula is C16H18ClN6+. The highest BCUT2D eigenvalue weighted by Crippen LogP contribution is 2.25. The summed E-state index contributed by atoms with van der Waals surface area (Å²) in [4.78, 5) is 12.8. The van der Waals surface area contributed by atoms with E-state index in [1.54, 1.807) is 11.2 Å². The summed E-state index contributed by atoms with van der Waals surface area (Å²) in [5.41, 5.74) is 1.76. The van der Waals surface area contributed by atoms with Gasteiger partial charge in [-0.25, -0.2) is 14.6 Å². The van der Waals surface area contributed by atoms with Crippen LogP contribution in [0.1, 0.15) is 0 Å². The number of fused-ring (bicyclic) bond motifs is 1. The first-order valence-corrected chi connectivity index (χ1v) is 8.11. The van der Waals surface area contributed by atoms with Gasteiger partial charge in [-0.05, 0) is 24.3 Å². The van der Waals surface area contributed by atoms with Gasteiger partial charge in [-0.1, -0.05) is 11.6 Å². The van der Waals surface area contributed by atoms with E-state index in [4.69, 9.17) is 11.6 Å². The van der Waals surface area contributed by atoms with E-state index in [1.807, 2.05) is 35.1 Å². The van der Waals surface area contributed by atoms with Gasteiger partial charge in [0.05, 0.1) is 50.5 Å². The van der Waals surface area contributed by atoms with Crippen LogP contribution < -0.4 is 9.80 Å². The van der Waals surface area contributed by atoms with Gasteiger partial charge in [0.1, 0.15) is 12.1 Å². The molecule has 0 radical (unpaired) electrons. The number of quaternary nitrogens is 1. The van der Waals surface area contributed by atoms with Crippen LogP contribution in [0.5, 0.6) is 0 Å². The van der Waals surface area contributed by atoms with E-state index in [1.165, 1.54) is 0 Å². The van der Waals surface area contributed by atoms with Crippen LogP contribution in [0.4, 0.5) is 5.82 Å². The maximum Gasteiger partial charge on any atom is 0.168 e. The number of hydrogen-bond acceptors (Lipinski definition) is 4. The lowest BCUT2D eigenvalue weighted by Gasteiger charge is -2.30. The van der Waals surface area contributed by atoms with Crippen molar-refractivity contribution in [3.8, 4) is 5.69 Å². The first kappa shape index (κ1) is 14.4. The van der Waals surface area contributed by atoms with Gasteiger partial charge in [-0.3, -0.25) is 0 Å². The van der Waals surface area contributed by atoms with Gasteiger partial charge in [0.15, 0.2) is 5.65 Å². The van der Waals surface area contributed by atoms with Crippen molar-refractivity contribution in [1.29, 1.82) is 0 Å². The Kier molecular flexibility index (Phi) is 3.63. The number of halogens is 1. The summed E-state index contributed by atoms with van der Waals surface area (Å²) in [5.74, 6) is 0.975. The van der Waals surface area contributed by atoms with Gasteiger partial charge in [0, 0.05) is 5.02 Å². The SMILES string of the molecule is C[NH+]1CCN(c2ncnc3c2cnn3-c2ccc(Cl)cc2)CC1. The summed E-state index contributed by atoms with van der Waals surface area (Å²) >= 11 is 5.97. The summed E-state index contributed by atoms with van der Waals surface area (Å²) in [6.07, 6.45) is 3.47. The third kappa shape index (κ3) is 2.64. The number of hydrogen-bond donors (Lipinski definition) is 1. The molecule has 3 aromatic rings. The third-order valence-electron chi connectivity index (χ3n) is 4.33. The molecule has 1 fully saturated rings. The zero-order valence-electron chi connectivity index (χ0n) is 12.9. The molecule has 1 aliphatic heterocycles. The molecule has 6 nitrogen and oxygen atoms in total. The highest BCUT2D eigenvalue weighted by Gasteiger charge is 2.21. The van der Waals surface area contributed by atoms with E-state index in [2.05, 4.69) is 27.0 Å². The number of nitrogens with one attached hydrogen (secondary N) is 1. The predicted molar refractivity (Wildman–Crippen MR) is 90.5 cm³/mol. The number of anilines is 1. The average Bonchev–Trinajstić information content (AvgIpc) is 3.00. The van der Waals surface area contributed by atoms with Crippen molar-refractivity contribution in [3.05, 3.63) is 41.8 Å². The Morgan fingerprint density at radius 2 is 1.83 bits per heavy atom. The zero-order valence-corrected chi connectivity index (χ0v) is 13.7. The van der Waals surface area contributed by atoms with Crippen molar-refractivity contribution >= 4 is 28.5 Å². The zero-order chi connectivity index (χ0) is 15.8. The Labute approximate surface area is 139 Å².